The molecule has 1 aromatic heterocycles. The second kappa shape index (κ2) is 5.88. The van der Waals surface area contributed by atoms with Crippen LogP contribution >= 0.6 is 0 Å². The van der Waals surface area contributed by atoms with Crippen molar-refractivity contribution in [3.05, 3.63) is 34.7 Å². The topological polar surface area (TPSA) is 37.3 Å². The van der Waals surface area contributed by atoms with Gasteiger partial charge in [-0.1, -0.05) is 6.07 Å². The Hall–Kier alpha value is -1.13. The van der Waals surface area contributed by atoms with Gasteiger partial charge in [0.25, 0.3) is 5.56 Å². The number of pyridine rings is 1. The van der Waals surface area contributed by atoms with Crippen LogP contribution in [0, 0.1) is 0 Å². The lowest BCUT2D eigenvalue weighted by molar-refractivity contribution is 0.237. The summed E-state index contributed by atoms with van der Waals surface area (Å²) >= 11 is 0. The second-order valence-corrected chi connectivity index (χ2v) is 5.75. The molecule has 1 aliphatic carbocycles. The first kappa shape index (κ1) is 12.9. The predicted molar refractivity (Wildman–Crippen MR) is 76.3 cm³/mol. The predicted octanol–water partition coefficient (Wildman–Crippen LogP) is 1.06. The Balaban J connectivity index is 1.50. The summed E-state index contributed by atoms with van der Waals surface area (Å²) < 4.78 is 1.81. The minimum atomic E-state index is 0.106. The van der Waals surface area contributed by atoms with E-state index in [-0.39, 0.29) is 5.56 Å². The van der Waals surface area contributed by atoms with Crippen molar-refractivity contribution >= 4 is 0 Å². The SMILES string of the molecule is O=c1ccccn1CCN1CCCC1CNC1CC1. The summed E-state index contributed by atoms with van der Waals surface area (Å²) in [6.45, 7) is 4.09. The van der Waals surface area contributed by atoms with Crippen LogP contribution in [0.4, 0.5) is 0 Å². The van der Waals surface area contributed by atoms with Crippen molar-refractivity contribution in [3.8, 4) is 0 Å². The van der Waals surface area contributed by atoms with Crippen molar-refractivity contribution < 1.29 is 0 Å². The third-order valence-electron chi connectivity index (χ3n) is 4.25. The third-order valence-corrected chi connectivity index (χ3v) is 4.25. The smallest absolute Gasteiger partial charge is 0.250 e. The van der Waals surface area contributed by atoms with Crippen molar-refractivity contribution in [1.82, 2.24) is 14.8 Å². The standard InChI is InChI=1S/C15H23N3O/c19-15-5-1-2-8-18(15)11-10-17-9-3-4-14(17)12-16-13-6-7-13/h1-2,5,8,13-14,16H,3-4,6-7,9-12H2. The minimum Gasteiger partial charge on any atom is -0.314 e. The summed E-state index contributed by atoms with van der Waals surface area (Å²) in [5.41, 5.74) is 0.106. The fourth-order valence-corrected chi connectivity index (χ4v) is 2.89. The summed E-state index contributed by atoms with van der Waals surface area (Å²) in [6.07, 6.45) is 7.18. The molecule has 4 nitrogen and oxygen atoms in total. The van der Waals surface area contributed by atoms with E-state index in [9.17, 15) is 4.79 Å². The number of nitrogens with zero attached hydrogens (tertiary/aromatic N) is 2. The highest BCUT2D eigenvalue weighted by atomic mass is 16.1. The van der Waals surface area contributed by atoms with Crippen LogP contribution in [0.2, 0.25) is 0 Å². The molecule has 0 radical (unpaired) electrons. The lowest BCUT2D eigenvalue weighted by Crippen LogP contribution is -2.40. The van der Waals surface area contributed by atoms with E-state index in [0.29, 0.717) is 6.04 Å². The highest BCUT2D eigenvalue weighted by Gasteiger charge is 2.27. The number of aromatic nitrogens is 1. The molecule has 19 heavy (non-hydrogen) atoms. The van der Waals surface area contributed by atoms with Gasteiger partial charge in [0.1, 0.15) is 0 Å². The van der Waals surface area contributed by atoms with E-state index in [1.807, 2.05) is 16.8 Å². The molecule has 104 valence electrons. The molecule has 4 heteroatoms. The van der Waals surface area contributed by atoms with Crippen LogP contribution < -0.4 is 10.9 Å². The van der Waals surface area contributed by atoms with Crippen LogP contribution in [0.5, 0.6) is 0 Å². The summed E-state index contributed by atoms with van der Waals surface area (Å²) in [4.78, 5) is 14.2. The molecule has 2 heterocycles. The van der Waals surface area contributed by atoms with Gasteiger partial charge in [-0.2, -0.15) is 0 Å². The average molecular weight is 261 g/mol. The molecule has 0 amide bonds. The van der Waals surface area contributed by atoms with Gasteiger partial charge in [-0.3, -0.25) is 9.69 Å². The Morgan fingerprint density at radius 1 is 1.21 bits per heavy atom. The second-order valence-electron chi connectivity index (χ2n) is 5.75. The molecular formula is C15H23N3O. The molecule has 1 atom stereocenters. The molecule has 2 fully saturated rings. The van der Waals surface area contributed by atoms with Gasteiger partial charge in [-0.25, -0.2) is 0 Å². The van der Waals surface area contributed by atoms with Crippen molar-refractivity contribution in [2.45, 2.75) is 44.3 Å². The van der Waals surface area contributed by atoms with Crippen molar-refractivity contribution in [2.75, 3.05) is 19.6 Å². The number of likely N-dealkylation sites (tertiary alicyclic amines) is 1. The quantitative estimate of drug-likeness (QED) is 0.832. The van der Waals surface area contributed by atoms with Gasteiger partial charge in [-0.05, 0) is 38.3 Å². The van der Waals surface area contributed by atoms with Gasteiger partial charge in [0.15, 0.2) is 0 Å². The maximum absolute atomic E-state index is 11.7. The highest BCUT2D eigenvalue weighted by molar-refractivity contribution is 4.93. The monoisotopic (exact) mass is 261 g/mol. The molecule has 1 saturated heterocycles. The van der Waals surface area contributed by atoms with Gasteiger partial charge < -0.3 is 9.88 Å². The van der Waals surface area contributed by atoms with E-state index >= 15 is 0 Å². The van der Waals surface area contributed by atoms with E-state index in [2.05, 4.69) is 10.2 Å². The first-order chi connectivity index (χ1) is 9.33. The number of hydrogen-bond donors (Lipinski definition) is 1. The maximum atomic E-state index is 11.7. The zero-order valence-electron chi connectivity index (χ0n) is 11.4. The van der Waals surface area contributed by atoms with Crippen LogP contribution in [-0.4, -0.2) is 41.2 Å². The minimum absolute atomic E-state index is 0.106. The number of nitrogens with one attached hydrogen (secondary N) is 1. The number of rotatable bonds is 6. The molecule has 1 unspecified atom stereocenters. The maximum Gasteiger partial charge on any atom is 0.250 e. The Morgan fingerprint density at radius 3 is 2.89 bits per heavy atom. The van der Waals surface area contributed by atoms with Crippen LogP contribution in [0.1, 0.15) is 25.7 Å². The van der Waals surface area contributed by atoms with Gasteiger partial charge in [0.2, 0.25) is 0 Å². The van der Waals surface area contributed by atoms with Gasteiger partial charge >= 0.3 is 0 Å². The molecule has 1 saturated carbocycles. The van der Waals surface area contributed by atoms with E-state index in [1.54, 1.807) is 12.1 Å². The Kier molecular flexibility index (Phi) is 3.99. The Labute approximate surface area is 114 Å². The molecule has 1 N–H and O–H groups in total. The van der Waals surface area contributed by atoms with Crippen LogP contribution in [0.15, 0.2) is 29.2 Å². The van der Waals surface area contributed by atoms with Crippen molar-refractivity contribution in [1.29, 1.82) is 0 Å². The third kappa shape index (κ3) is 3.45. The summed E-state index contributed by atoms with van der Waals surface area (Å²) in [7, 11) is 0. The van der Waals surface area contributed by atoms with E-state index in [1.165, 1.54) is 32.2 Å². The van der Waals surface area contributed by atoms with Gasteiger partial charge in [0.05, 0.1) is 0 Å². The molecule has 2 aliphatic rings. The van der Waals surface area contributed by atoms with E-state index in [4.69, 9.17) is 0 Å². The average Bonchev–Trinajstić information content (AvgIpc) is 3.14. The Bertz CT molecular complexity index is 466. The van der Waals surface area contributed by atoms with Crippen LogP contribution in [0.25, 0.3) is 0 Å². The molecule has 1 aliphatic heterocycles. The zero-order chi connectivity index (χ0) is 13.1. The Morgan fingerprint density at radius 2 is 2.11 bits per heavy atom. The van der Waals surface area contributed by atoms with Gasteiger partial charge in [0, 0.05) is 44.0 Å². The lowest BCUT2D eigenvalue weighted by Gasteiger charge is -2.25. The van der Waals surface area contributed by atoms with Crippen molar-refractivity contribution in [2.24, 2.45) is 0 Å². The molecule has 3 rings (SSSR count). The number of hydrogen-bond acceptors (Lipinski definition) is 3. The highest BCUT2D eigenvalue weighted by Crippen LogP contribution is 2.21. The molecular weight excluding hydrogens is 238 g/mol. The fourth-order valence-electron chi connectivity index (χ4n) is 2.89. The molecule has 1 aromatic rings. The normalized spacial score (nSPS) is 23.9. The van der Waals surface area contributed by atoms with E-state index < -0.39 is 0 Å². The first-order valence-electron chi connectivity index (χ1n) is 7.46. The first-order valence-corrected chi connectivity index (χ1v) is 7.46. The molecule has 0 spiro atoms. The lowest BCUT2D eigenvalue weighted by atomic mass is 10.2. The summed E-state index contributed by atoms with van der Waals surface area (Å²) in [5, 5.41) is 3.63. The summed E-state index contributed by atoms with van der Waals surface area (Å²) in [5.74, 6) is 0. The van der Waals surface area contributed by atoms with Gasteiger partial charge in [-0.15, -0.1) is 0 Å². The van der Waals surface area contributed by atoms with Crippen molar-refractivity contribution in [3.63, 3.8) is 0 Å². The molecule has 0 bridgehead atoms. The largest absolute Gasteiger partial charge is 0.314 e. The summed E-state index contributed by atoms with van der Waals surface area (Å²) in [6, 6.07) is 6.82. The fraction of sp³-hybridized carbons (Fsp3) is 0.667. The van der Waals surface area contributed by atoms with Crippen LogP contribution in [0.3, 0.4) is 0 Å². The van der Waals surface area contributed by atoms with Crippen LogP contribution in [-0.2, 0) is 6.54 Å². The zero-order valence-corrected chi connectivity index (χ0v) is 11.4. The molecule has 0 aromatic carbocycles. The van der Waals surface area contributed by atoms with E-state index in [0.717, 1.165) is 25.7 Å².